The minimum atomic E-state index is -0.728. The van der Waals surface area contributed by atoms with Crippen molar-refractivity contribution < 1.29 is 14.7 Å². The van der Waals surface area contributed by atoms with Gasteiger partial charge in [-0.15, -0.1) is 0 Å². The van der Waals surface area contributed by atoms with Crippen molar-refractivity contribution in [1.29, 1.82) is 0 Å². The van der Waals surface area contributed by atoms with Gasteiger partial charge in [-0.05, 0) is 32.2 Å². The number of likely N-dealkylation sites (tertiary alicyclic amines) is 2. The van der Waals surface area contributed by atoms with Crippen molar-refractivity contribution in [3.05, 3.63) is 11.9 Å². The molecule has 3 rings (SSSR count). The predicted octanol–water partition coefficient (Wildman–Crippen LogP) is -0.0417. The molecule has 0 aliphatic carbocycles. The molecule has 1 aromatic rings. The number of carbonyl (C=O) groups excluding carboxylic acids is 1. The fourth-order valence-electron chi connectivity index (χ4n) is 3.36. The number of aliphatic carboxylic acids is 1. The number of hydrogen-bond donors (Lipinski definition) is 2. The summed E-state index contributed by atoms with van der Waals surface area (Å²) in [6.45, 7) is 2.12. The summed E-state index contributed by atoms with van der Waals surface area (Å²) in [4.78, 5) is 27.3. The average Bonchev–Trinajstić information content (AvgIpc) is 3.18. The van der Waals surface area contributed by atoms with Crippen molar-refractivity contribution in [3.63, 3.8) is 0 Å². The molecule has 1 unspecified atom stereocenters. The number of rotatable bonds is 3. The second kappa shape index (κ2) is 5.80. The Hall–Kier alpha value is -1.96. The van der Waals surface area contributed by atoms with Gasteiger partial charge in [-0.3, -0.25) is 14.5 Å². The highest BCUT2D eigenvalue weighted by Crippen LogP contribution is 2.26. The van der Waals surface area contributed by atoms with E-state index in [0.717, 1.165) is 32.2 Å². The number of aromatic amines is 1. The molecule has 21 heavy (non-hydrogen) atoms. The number of H-pyrrole nitrogens is 1. The lowest BCUT2D eigenvalue weighted by molar-refractivity contribution is -0.143. The summed E-state index contributed by atoms with van der Waals surface area (Å²) >= 11 is 0. The van der Waals surface area contributed by atoms with E-state index in [1.54, 1.807) is 4.90 Å². The van der Waals surface area contributed by atoms with E-state index >= 15 is 0 Å². The zero-order valence-corrected chi connectivity index (χ0v) is 11.7. The maximum absolute atomic E-state index is 12.2. The zero-order chi connectivity index (χ0) is 14.8. The van der Waals surface area contributed by atoms with Crippen LogP contribution in [0.15, 0.2) is 6.20 Å². The third-order valence-electron chi connectivity index (χ3n) is 4.43. The highest BCUT2D eigenvalue weighted by Gasteiger charge is 2.37. The summed E-state index contributed by atoms with van der Waals surface area (Å²) in [6, 6.07) is -0.0947. The van der Waals surface area contributed by atoms with E-state index < -0.39 is 5.97 Å². The third-order valence-corrected chi connectivity index (χ3v) is 4.43. The number of piperidine rings is 1. The van der Waals surface area contributed by atoms with E-state index in [-0.39, 0.29) is 18.0 Å². The summed E-state index contributed by atoms with van der Waals surface area (Å²) < 4.78 is 0. The van der Waals surface area contributed by atoms with Gasteiger partial charge in [-0.25, -0.2) is 0 Å². The van der Waals surface area contributed by atoms with Crippen molar-refractivity contribution >= 4 is 11.9 Å². The van der Waals surface area contributed by atoms with E-state index in [1.807, 2.05) is 0 Å². The first kappa shape index (κ1) is 14.0. The number of carboxylic acid groups (broad SMARTS) is 1. The molecule has 1 amide bonds. The number of nitrogens with zero attached hydrogens (tertiary/aromatic N) is 4. The molecule has 8 nitrogen and oxygen atoms in total. The van der Waals surface area contributed by atoms with Crippen LogP contribution in [0.3, 0.4) is 0 Å². The Morgan fingerprint density at radius 2 is 2.00 bits per heavy atom. The van der Waals surface area contributed by atoms with Gasteiger partial charge in [0.2, 0.25) is 0 Å². The van der Waals surface area contributed by atoms with Gasteiger partial charge in [-0.2, -0.15) is 15.4 Å². The smallest absolute Gasteiger partial charge is 0.320 e. The van der Waals surface area contributed by atoms with E-state index in [2.05, 4.69) is 20.3 Å². The minimum absolute atomic E-state index is 0.113. The molecule has 2 saturated heterocycles. The van der Waals surface area contributed by atoms with Crippen LogP contribution in [0.25, 0.3) is 0 Å². The lowest BCUT2D eigenvalue weighted by atomic mass is 10.0. The SMILES string of the molecule is O=C(O)C1CCCN1C1CCN(C(=O)c2cn[nH]n2)CC1. The molecule has 0 bridgehead atoms. The van der Waals surface area contributed by atoms with Gasteiger partial charge in [0.25, 0.3) is 5.91 Å². The molecule has 1 aromatic heterocycles. The Kier molecular flexibility index (Phi) is 3.87. The van der Waals surface area contributed by atoms with Crippen molar-refractivity contribution in [2.45, 2.75) is 37.8 Å². The fourth-order valence-corrected chi connectivity index (χ4v) is 3.36. The molecule has 3 heterocycles. The molecule has 8 heteroatoms. The molecule has 2 N–H and O–H groups in total. The maximum atomic E-state index is 12.2. The zero-order valence-electron chi connectivity index (χ0n) is 11.7. The Bertz CT molecular complexity index is 510. The number of aromatic nitrogens is 3. The standard InChI is InChI=1S/C13H19N5O3/c19-12(10-8-14-16-15-10)17-6-3-9(4-7-17)18-5-1-2-11(18)13(20)21/h8-9,11H,1-7H2,(H,20,21)(H,14,15,16). The van der Waals surface area contributed by atoms with Crippen LogP contribution < -0.4 is 0 Å². The molecule has 2 fully saturated rings. The second-order valence-corrected chi connectivity index (χ2v) is 5.61. The van der Waals surface area contributed by atoms with Crippen LogP contribution in [-0.2, 0) is 4.79 Å². The third kappa shape index (κ3) is 2.76. The highest BCUT2D eigenvalue weighted by atomic mass is 16.4. The van der Waals surface area contributed by atoms with E-state index in [9.17, 15) is 14.7 Å². The molecule has 0 spiro atoms. The lowest BCUT2D eigenvalue weighted by Crippen LogP contribution is -2.50. The summed E-state index contributed by atoms with van der Waals surface area (Å²) in [7, 11) is 0. The Morgan fingerprint density at radius 1 is 1.24 bits per heavy atom. The number of amides is 1. The van der Waals surface area contributed by atoms with E-state index in [0.29, 0.717) is 18.8 Å². The van der Waals surface area contributed by atoms with Gasteiger partial charge in [-0.1, -0.05) is 0 Å². The number of carboxylic acids is 1. The number of nitrogens with one attached hydrogen (secondary N) is 1. The number of carbonyl (C=O) groups is 2. The van der Waals surface area contributed by atoms with Crippen LogP contribution in [0.2, 0.25) is 0 Å². The normalized spacial score (nSPS) is 24.4. The van der Waals surface area contributed by atoms with Crippen LogP contribution in [0.5, 0.6) is 0 Å². The highest BCUT2D eigenvalue weighted by molar-refractivity contribution is 5.91. The van der Waals surface area contributed by atoms with Gasteiger partial charge >= 0.3 is 5.97 Å². The van der Waals surface area contributed by atoms with Crippen LogP contribution in [-0.4, -0.2) is 73.9 Å². The Labute approximate surface area is 122 Å². The van der Waals surface area contributed by atoms with Crippen molar-refractivity contribution in [2.24, 2.45) is 0 Å². The molecule has 0 saturated carbocycles. The molecule has 1 atom stereocenters. The fraction of sp³-hybridized carbons (Fsp3) is 0.692. The molecule has 2 aliphatic rings. The first-order valence-electron chi connectivity index (χ1n) is 7.30. The van der Waals surface area contributed by atoms with Gasteiger partial charge in [0.1, 0.15) is 6.04 Å². The largest absolute Gasteiger partial charge is 0.480 e. The van der Waals surface area contributed by atoms with Crippen molar-refractivity contribution in [3.8, 4) is 0 Å². The summed E-state index contributed by atoms with van der Waals surface area (Å²) in [5.74, 6) is -0.841. The summed E-state index contributed by atoms with van der Waals surface area (Å²) in [6.07, 6.45) is 4.72. The van der Waals surface area contributed by atoms with Crippen molar-refractivity contribution in [1.82, 2.24) is 25.2 Å². The van der Waals surface area contributed by atoms with Crippen LogP contribution in [0, 0.1) is 0 Å². The lowest BCUT2D eigenvalue weighted by Gasteiger charge is -2.38. The van der Waals surface area contributed by atoms with Gasteiger partial charge in [0.15, 0.2) is 5.69 Å². The quantitative estimate of drug-likeness (QED) is 0.810. The molecule has 2 aliphatic heterocycles. The minimum Gasteiger partial charge on any atom is -0.480 e. The van der Waals surface area contributed by atoms with Gasteiger partial charge < -0.3 is 10.0 Å². The second-order valence-electron chi connectivity index (χ2n) is 5.61. The van der Waals surface area contributed by atoms with Crippen LogP contribution >= 0.6 is 0 Å². The number of hydrogen-bond acceptors (Lipinski definition) is 5. The predicted molar refractivity (Wildman–Crippen MR) is 72.7 cm³/mol. The average molecular weight is 293 g/mol. The van der Waals surface area contributed by atoms with Crippen molar-refractivity contribution in [2.75, 3.05) is 19.6 Å². The molecule has 0 aromatic carbocycles. The van der Waals surface area contributed by atoms with Crippen LogP contribution in [0.4, 0.5) is 0 Å². The van der Waals surface area contributed by atoms with E-state index in [4.69, 9.17) is 0 Å². The molecule has 0 radical (unpaired) electrons. The topological polar surface area (TPSA) is 102 Å². The maximum Gasteiger partial charge on any atom is 0.320 e. The Morgan fingerprint density at radius 3 is 2.62 bits per heavy atom. The first-order chi connectivity index (χ1) is 10.2. The molecular formula is C13H19N5O3. The molecular weight excluding hydrogens is 274 g/mol. The van der Waals surface area contributed by atoms with E-state index in [1.165, 1.54) is 6.20 Å². The van der Waals surface area contributed by atoms with Crippen LogP contribution in [0.1, 0.15) is 36.2 Å². The van der Waals surface area contributed by atoms with Gasteiger partial charge in [0, 0.05) is 19.1 Å². The summed E-state index contributed by atoms with van der Waals surface area (Å²) in [5, 5.41) is 19.2. The molecule has 114 valence electrons. The first-order valence-corrected chi connectivity index (χ1v) is 7.30. The Balaban J connectivity index is 1.58. The monoisotopic (exact) mass is 293 g/mol. The van der Waals surface area contributed by atoms with Gasteiger partial charge in [0.05, 0.1) is 6.20 Å². The summed E-state index contributed by atoms with van der Waals surface area (Å²) in [5.41, 5.74) is 0.332.